The van der Waals surface area contributed by atoms with Gasteiger partial charge in [0.1, 0.15) is 43.2 Å². The van der Waals surface area contributed by atoms with E-state index < -0.39 is 75.7 Å². The molecule has 0 spiro atoms. The molecule has 6 N–H and O–H groups in total. The Balaban J connectivity index is 1.75. The summed E-state index contributed by atoms with van der Waals surface area (Å²) in [5, 5.41) is 50.2. The van der Waals surface area contributed by atoms with Gasteiger partial charge >= 0.3 is 19.8 Å². The van der Waals surface area contributed by atoms with E-state index in [1.54, 1.807) is 0 Å². The highest BCUT2D eigenvalue weighted by atomic mass is 31.2. The van der Waals surface area contributed by atoms with Gasteiger partial charge < -0.3 is 44.6 Å². The van der Waals surface area contributed by atoms with Crippen LogP contribution in [0.15, 0.2) is 85.1 Å². The number of esters is 2. The Labute approximate surface area is 382 Å². The predicted octanol–water partition coefficient (Wildman–Crippen LogP) is 8.26. The van der Waals surface area contributed by atoms with Crippen molar-refractivity contribution in [2.45, 2.75) is 197 Å². The highest BCUT2D eigenvalue weighted by molar-refractivity contribution is 7.47. The number of ether oxygens (including phenoxy) is 3. The number of aliphatic hydroxyl groups is 5. The van der Waals surface area contributed by atoms with E-state index in [1.165, 1.54) is 38.5 Å². The fraction of sp³-hybridized carbons (Fsp3) is 0.673. The Morgan fingerprint density at radius 2 is 1.02 bits per heavy atom. The molecular formula is C49H79O14P. The Morgan fingerprint density at radius 3 is 1.55 bits per heavy atom. The van der Waals surface area contributed by atoms with Crippen molar-refractivity contribution >= 4 is 19.8 Å². The molecule has 1 saturated heterocycles. The first-order chi connectivity index (χ1) is 30.9. The van der Waals surface area contributed by atoms with Gasteiger partial charge in [-0.3, -0.25) is 18.6 Å². The third kappa shape index (κ3) is 26.8. The van der Waals surface area contributed by atoms with Crippen LogP contribution >= 0.6 is 7.82 Å². The summed E-state index contributed by atoms with van der Waals surface area (Å²) in [6.07, 6.45) is 33.9. The van der Waals surface area contributed by atoms with Gasteiger partial charge in [-0.25, -0.2) is 4.57 Å². The van der Waals surface area contributed by atoms with Crippen LogP contribution in [-0.2, 0) is 37.4 Å². The van der Waals surface area contributed by atoms with Crippen LogP contribution in [0, 0.1) is 0 Å². The SMILES string of the molecule is CCCCC/C=C\C/C=C\C/C=C\C/C=C\CCCC(=O)O[C@H](COC(=O)CCC/C=C\C/C=C\C/C=C\CC1OC1CCCCC)COP(=O)(O)OC1[C@H](O)[C@H](O)C(O)[C@H](O)[C@H]1O. The standard InChI is InChI=1S/C49H79O14P/c1-3-5-7-8-9-10-11-12-13-14-15-16-17-22-25-28-32-36-43(51)61-39(38-60-64(57,58)63-49-47(55)45(53)44(52)46(54)48(49)56)37-59-42(50)35-31-27-24-21-19-18-20-23-26-30-34-41-40(62-41)33-29-6-4-2/h9-10,12-13,15-16,18,20-22,24-26,30,39-41,44-49,52-56H,3-8,11,14,17,19,23,27-29,31-38H2,1-2H3,(H,57,58)/b10-9-,13-12-,16-15-,20-18-,24-21-,25-22-,30-26-/t39-,40?,41?,44?,45-,46+,47-,48-,49?/m1/s1. The number of carbonyl (C=O) groups excluding carboxylic acids is 2. The van der Waals surface area contributed by atoms with Crippen LogP contribution in [0.2, 0.25) is 0 Å². The second-order valence-corrected chi connectivity index (χ2v) is 17.7. The number of hydrogen-bond donors (Lipinski definition) is 6. The van der Waals surface area contributed by atoms with Crippen LogP contribution < -0.4 is 0 Å². The number of aliphatic hydroxyl groups excluding tert-OH is 5. The van der Waals surface area contributed by atoms with Crippen molar-refractivity contribution in [3.05, 3.63) is 85.1 Å². The fourth-order valence-corrected chi connectivity index (χ4v) is 7.69. The van der Waals surface area contributed by atoms with E-state index in [4.69, 9.17) is 23.3 Å². The zero-order valence-corrected chi connectivity index (χ0v) is 39.1. The number of allylic oxidation sites excluding steroid dienone is 13. The molecule has 1 aliphatic heterocycles. The van der Waals surface area contributed by atoms with Gasteiger partial charge in [0.15, 0.2) is 6.10 Å². The normalized spacial score (nSPS) is 25.5. The van der Waals surface area contributed by atoms with Gasteiger partial charge in [-0.1, -0.05) is 131 Å². The molecule has 64 heavy (non-hydrogen) atoms. The molecule has 2 rings (SSSR count). The molecule has 1 aliphatic carbocycles. The molecule has 0 aromatic carbocycles. The average Bonchev–Trinajstić information content (AvgIpc) is 4.03. The summed E-state index contributed by atoms with van der Waals surface area (Å²) in [5.74, 6) is -1.24. The predicted molar refractivity (Wildman–Crippen MR) is 248 cm³/mol. The molecule has 5 unspecified atom stereocenters. The van der Waals surface area contributed by atoms with Crippen LogP contribution in [0.5, 0.6) is 0 Å². The summed E-state index contributed by atoms with van der Waals surface area (Å²) in [6.45, 7) is 3.13. The van der Waals surface area contributed by atoms with E-state index in [9.17, 15) is 44.6 Å². The molecule has 1 heterocycles. The molecule has 10 atom stereocenters. The molecule has 364 valence electrons. The topological polar surface area (TPSA) is 222 Å². The van der Waals surface area contributed by atoms with Gasteiger partial charge in [0.25, 0.3) is 0 Å². The molecule has 14 nitrogen and oxygen atoms in total. The number of rotatable bonds is 36. The number of epoxide rings is 1. The molecular weight excluding hydrogens is 843 g/mol. The zero-order valence-electron chi connectivity index (χ0n) is 38.2. The molecule has 2 aliphatic rings. The van der Waals surface area contributed by atoms with Crippen molar-refractivity contribution < 1.29 is 67.8 Å². The summed E-state index contributed by atoms with van der Waals surface area (Å²) >= 11 is 0. The van der Waals surface area contributed by atoms with Crippen molar-refractivity contribution in [2.24, 2.45) is 0 Å². The van der Waals surface area contributed by atoms with Gasteiger partial charge in [-0.2, -0.15) is 0 Å². The molecule has 0 bridgehead atoms. The number of phosphoric ester groups is 1. The van der Waals surface area contributed by atoms with Crippen molar-refractivity contribution in [1.29, 1.82) is 0 Å². The third-order valence-corrected chi connectivity index (χ3v) is 11.6. The minimum absolute atomic E-state index is 0.00201. The van der Waals surface area contributed by atoms with E-state index in [0.29, 0.717) is 37.9 Å². The minimum atomic E-state index is -5.15. The van der Waals surface area contributed by atoms with E-state index in [2.05, 4.69) is 74.6 Å². The fourth-order valence-electron chi connectivity index (χ4n) is 6.72. The Morgan fingerprint density at radius 1 is 0.562 bits per heavy atom. The van der Waals surface area contributed by atoms with Gasteiger partial charge in [-0.05, 0) is 83.5 Å². The van der Waals surface area contributed by atoms with E-state index in [-0.39, 0.29) is 12.8 Å². The van der Waals surface area contributed by atoms with Crippen LogP contribution in [0.4, 0.5) is 0 Å². The monoisotopic (exact) mass is 923 g/mol. The first-order valence-electron chi connectivity index (χ1n) is 23.5. The molecule has 0 radical (unpaired) electrons. The van der Waals surface area contributed by atoms with E-state index >= 15 is 0 Å². The van der Waals surface area contributed by atoms with Crippen molar-refractivity contribution in [3.8, 4) is 0 Å². The summed E-state index contributed by atoms with van der Waals surface area (Å²) in [5.41, 5.74) is 0. The lowest BCUT2D eigenvalue weighted by Gasteiger charge is -2.41. The lowest BCUT2D eigenvalue weighted by atomic mass is 9.85. The summed E-state index contributed by atoms with van der Waals surface area (Å²) in [6, 6.07) is 0. The number of phosphoric acid groups is 1. The smallest absolute Gasteiger partial charge is 0.462 e. The first-order valence-corrected chi connectivity index (χ1v) is 25.0. The van der Waals surface area contributed by atoms with Crippen LogP contribution in [0.25, 0.3) is 0 Å². The van der Waals surface area contributed by atoms with Crippen molar-refractivity contribution in [1.82, 2.24) is 0 Å². The second-order valence-electron chi connectivity index (χ2n) is 16.3. The van der Waals surface area contributed by atoms with Gasteiger partial charge in [0, 0.05) is 12.8 Å². The molecule has 15 heteroatoms. The molecule has 0 aromatic rings. The van der Waals surface area contributed by atoms with Crippen LogP contribution in [0.1, 0.15) is 142 Å². The maximum Gasteiger partial charge on any atom is 0.472 e. The summed E-state index contributed by atoms with van der Waals surface area (Å²) in [4.78, 5) is 35.7. The molecule has 2 fully saturated rings. The number of unbranched alkanes of at least 4 members (excludes halogenated alkanes) is 7. The highest BCUT2D eigenvalue weighted by Gasteiger charge is 2.51. The van der Waals surface area contributed by atoms with Crippen LogP contribution in [-0.4, -0.2) is 111 Å². The van der Waals surface area contributed by atoms with Gasteiger partial charge in [0.2, 0.25) is 0 Å². The maximum absolute atomic E-state index is 12.8. The average molecular weight is 923 g/mol. The lowest BCUT2D eigenvalue weighted by molar-refractivity contribution is -0.220. The minimum Gasteiger partial charge on any atom is -0.462 e. The summed E-state index contributed by atoms with van der Waals surface area (Å²) in [7, 11) is -5.15. The second kappa shape index (κ2) is 35.2. The first kappa shape index (κ1) is 57.1. The highest BCUT2D eigenvalue weighted by Crippen LogP contribution is 2.47. The Hall–Kier alpha value is -3.01. The van der Waals surface area contributed by atoms with E-state index in [0.717, 1.165) is 51.4 Å². The molecule has 0 aromatic heterocycles. The zero-order chi connectivity index (χ0) is 46.8. The Kier molecular flexibility index (Phi) is 31.4. The summed E-state index contributed by atoms with van der Waals surface area (Å²) < 4.78 is 39.1. The maximum atomic E-state index is 12.8. The van der Waals surface area contributed by atoms with Crippen molar-refractivity contribution in [2.75, 3.05) is 13.2 Å². The number of carbonyl (C=O) groups is 2. The molecule has 1 saturated carbocycles. The molecule has 0 amide bonds. The van der Waals surface area contributed by atoms with Crippen LogP contribution in [0.3, 0.4) is 0 Å². The largest absolute Gasteiger partial charge is 0.472 e. The number of hydrogen-bond acceptors (Lipinski definition) is 13. The van der Waals surface area contributed by atoms with Crippen molar-refractivity contribution in [3.63, 3.8) is 0 Å². The van der Waals surface area contributed by atoms with E-state index in [1.807, 2.05) is 24.3 Å². The van der Waals surface area contributed by atoms with Gasteiger partial charge in [-0.15, -0.1) is 0 Å². The Bertz CT molecular complexity index is 1510. The lowest BCUT2D eigenvalue weighted by Crippen LogP contribution is -2.64. The quantitative estimate of drug-likeness (QED) is 0.0115. The third-order valence-electron chi connectivity index (χ3n) is 10.6. The van der Waals surface area contributed by atoms with Gasteiger partial charge in [0.05, 0.1) is 18.8 Å².